The maximum atomic E-state index is 7.05. The zero-order chi connectivity index (χ0) is 36.7. The first kappa shape index (κ1) is 37.7. The van der Waals surface area contributed by atoms with Crippen LogP contribution in [-0.4, -0.2) is 21.0 Å². The molecule has 4 nitrogen and oxygen atoms in total. The average Bonchev–Trinajstić information content (AvgIpc) is 3.55. The van der Waals surface area contributed by atoms with Crippen LogP contribution in [0.4, 0.5) is 0 Å². The molecule has 0 unspecified atom stereocenters. The molecule has 6 aromatic rings. The van der Waals surface area contributed by atoms with Crippen LogP contribution in [0.2, 0.25) is 0 Å². The molecule has 1 aliphatic rings. The van der Waals surface area contributed by atoms with Gasteiger partial charge in [0.2, 0.25) is 0 Å². The second-order valence-corrected chi connectivity index (χ2v) is 17.3. The van der Waals surface area contributed by atoms with Crippen molar-refractivity contribution in [1.29, 1.82) is 0 Å². The van der Waals surface area contributed by atoms with Crippen LogP contribution in [0.25, 0.3) is 38.8 Å². The molecule has 0 saturated heterocycles. The van der Waals surface area contributed by atoms with Crippen LogP contribution >= 0.6 is 0 Å². The SMILES string of the molecule is Cc1ccc2c(c1)c1cc(C)c(-c3cc(C(C)(C)C)ccn3)[c-]c1n2-c1[c-]c(C2=N[C@](C)(C(C)C)[C@@](C)(c3ccccc3)O2)cc(C(C)(C)C)c1.[Pt+2]. The smallest absolute Gasteiger partial charge is 0.508 e. The molecule has 0 bridgehead atoms. The van der Waals surface area contributed by atoms with Crippen molar-refractivity contribution in [2.45, 2.75) is 105 Å². The predicted molar refractivity (Wildman–Crippen MR) is 213 cm³/mol. The molecule has 0 amide bonds. The minimum Gasteiger partial charge on any atom is -0.508 e. The van der Waals surface area contributed by atoms with E-state index in [2.05, 4.69) is 179 Å². The van der Waals surface area contributed by atoms with Gasteiger partial charge in [-0.2, -0.15) is 0 Å². The Morgan fingerprint density at radius 3 is 2.12 bits per heavy atom. The van der Waals surface area contributed by atoms with Gasteiger partial charge in [0, 0.05) is 11.7 Å². The molecular weight excluding hydrogens is 818 g/mol. The van der Waals surface area contributed by atoms with E-state index in [1.54, 1.807) is 0 Å². The standard InChI is InChI=1S/C47H51N3O.Pt/c1-29(2)46(11)47(12,33-16-14-13-15-17-33)51-43(49-46)32-24-35(45(8,9)10)26-36(25-32)50-41-19-18-30(3)22-38(41)39-23-31(4)37(28-42(39)50)40-27-34(20-21-48-40)44(5,6)7;/h13-24,26-27,29H,1-12H3;/q-2;+2/t46-,47-;/m1./s1. The van der Waals surface area contributed by atoms with Crippen LogP contribution in [0.3, 0.4) is 0 Å². The Morgan fingerprint density at radius 1 is 0.769 bits per heavy atom. The van der Waals surface area contributed by atoms with Gasteiger partial charge in [0.25, 0.3) is 0 Å². The molecule has 0 N–H and O–H groups in total. The number of hydrogen-bond acceptors (Lipinski definition) is 3. The Morgan fingerprint density at radius 2 is 1.46 bits per heavy atom. The number of aryl methyl sites for hydroxylation is 2. The van der Waals surface area contributed by atoms with Gasteiger partial charge >= 0.3 is 21.1 Å². The van der Waals surface area contributed by atoms with E-state index >= 15 is 0 Å². The number of aromatic nitrogens is 2. The summed E-state index contributed by atoms with van der Waals surface area (Å²) in [7, 11) is 0. The van der Waals surface area contributed by atoms with Gasteiger partial charge in [-0.05, 0) is 83.1 Å². The summed E-state index contributed by atoms with van der Waals surface area (Å²) in [4.78, 5) is 10.3. The largest absolute Gasteiger partial charge is 2.00 e. The van der Waals surface area contributed by atoms with Crippen LogP contribution in [0.15, 0.2) is 90.1 Å². The van der Waals surface area contributed by atoms with Crippen molar-refractivity contribution in [1.82, 2.24) is 9.55 Å². The van der Waals surface area contributed by atoms with E-state index in [4.69, 9.17) is 14.7 Å². The quantitative estimate of drug-likeness (QED) is 0.162. The summed E-state index contributed by atoms with van der Waals surface area (Å²) < 4.78 is 9.38. The van der Waals surface area contributed by atoms with Crippen molar-refractivity contribution in [3.05, 3.63) is 131 Å². The average molecular weight is 869 g/mol. The van der Waals surface area contributed by atoms with Crippen molar-refractivity contribution in [3.63, 3.8) is 0 Å². The van der Waals surface area contributed by atoms with Gasteiger partial charge in [-0.3, -0.25) is 4.99 Å². The van der Waals surface area contributed by atoms with E-state index in [0.717, 1.165) is 50.1 Å². The van der Waals surface area contributed by atoms with E-state index in [-0.39, 0.29) is 37.8 Å². The van der Waals surface area contributed by atoms with Gasteiger partial charge in [0.1, 0.15) is 11.5 Å². The number of ether oxygens (including phenoxy) is 1. The Kier molecular flexibility index (Phi) is 9.53. The van der Waals surface area contributed by atoms with Crippen LogP contribution < -0.4 is 0 Å². The normalized spacial score (nSPS) is 19.2. The fourth-order valence-electron chi connectivity index (χ4n) is 7.52. The fourth-order valence-corrected chi connectivity index (χ4v) is 7.52. The van der Waals surface area contributed by atoms with E-state index in [1.807, 2.05) is 6.20 Å². The maximum Gasteiger partial charge on any atom is 2.00 e. The first-order valence-electron chi connectivity index (χ1n) is 18.3. The number of rotatable bonds is 5. The van der Waals surface area contributed by atoms with Crippen LogP contribution in [0.1, 0.15) is 103 Å². The molecule has 52 heavy (non-hydrogen) atoms. The summed E-state index contributed by atoms with van der Waals surface area (Å²) in [5.74, 6) is 0.859. The minimum absolute atomic E-state index is 0. The number of fused-ring (bicyclic) bond motifs is 3. The zero-order valence-corrected chi connectivity index (χ0v) is 35.0. The monoisotopic (exact) mass is 868 g/mol. The van der Waals surface area contributed by atoms with Crippen LogP contribution in [0, 0.1) is 31.9 Å². The molecule has 0 aliphatic carbocycles. The number of pyridine rings is 1. The zero-order valence-electron chi connectivity index (χ0n) is 32.7. The van der Waals surface area contributed by atoms with E-state index in [0.29, 0.717) is 5.90 Å². The number of benzene rings is 4. The van der Waals surface area contributed by atoms with Gasteiger partial charge in [-0.25, -0.2) is 0 Å². The molecular formula is C47H51N3OPt. The molecule has 270 valence electrons. The van der Waals surface area contributed by atoms with Gasteiger partial charge < -0.3 is 14.3 Å². The van der Waals surface area contributed by atoms with Gasteiger partial charge in [0.05, 0.1) is 5.54 Å². The first-order chi connectivity index (χ1) is 23.9. The molecule has 0 radical (unpaired) electrons. The Balaban J connectivity index is 0.00000464. The first-order valence-corrected chi connectivity index (χ1v) is 18.3. The van der Waals surface area contributed by atoms with Gasteiger partial charge in [0.15, 0.2) is 0 Å². The summed E-state index contributed by atoms with van der Waals surface area (Å²) in [6.45, 7) is 26.7. The molecule has 7 rings (SSSR count). The molecule has 2 atom stereocenters. The van der Waals surface area contributed by atoms with E-state index in [1.165, 1.54) is 22.1 Å². The summed E-state index contributed by atoms with van der Waals surface area (Å²) >= 11 is 0. The number of aliphatic imine (C=N–C) groups is 1. The molecule has 0 spiro atoms. The van der Waals surface area contributed by atoms with Gasteiger partial charge in [-0.15, -0.1) is 47.0 Å². The van der Waals surface area contributed by atoms with Crippen molar-refractivity contribution in [2.24, 2.45) is 10.9 Å². The summed E-state index contributed by atoms with van der Waals surface area (Å²) in [6.07, 6.45) is 1.93. The Labute approximate surface area is 325 Å². The van der Waals surface area contributed by atoms with Crippen molar-refractivity contribution < 1.29 is 25.8 Å². The van der Waals surface area contributed by atoms with E-state index in [9.17, 15) is 0 Å². The molecule has 3 heterocycles. The summed E-state index contributed by atoms with van der Waals surface area (Å²) in [6, 6.07) is 36.1. The number of hydrogen-bond donors (Lipinski definition) is 0. The van der Waals surface area contributed by atoms with Crippen molar-refractivity contribution >= 4 is 27.7 Å². The van der Waals surface area contributed by atoms with Crippen molar-refractivity contribution in [2.75, 3.05) is 0 Å². The molecule has 0 saturated carbocycles. The maximum absolute atomic E-state index is 7.05. The fraction of sp³-hybridized carbons (Fsp3) is 0.362. The number of nitrogens with zero attached hydrogens (tertiary/aromatic N) is 3. The second-order valence-electron chi connectivity index (χ2n) is 17.3. The minimum atomic E-state index is -0.650. The topological polar surface area (TPSA) is 39.4 Å². The third-order valence-corrected chi connectivity index (χ3v) is 11.3. The summed E-state index contributed by atoms with van der Waals surface area (Å²) in [5, 5.41) is 2.36. The van der Waals surface area contributed by atoms with Crippen LogP contribution in [-0.2, 0) is 42.2 Å². The molecule has 4 aromatic carbocycles. The molecule has 1 aliphatic heterocycles. The Bertz CT molecular complexity index is 2340. The molecule has 2 aromatic heterocycles. The second kappa shape index (κ2) is 13.1. The summed E-state index contributed by atoms with van der Waals surface area (Å²) in [5.41, 5.74) is 10.5. The Hall–Kier alpha value is -4.01. The molecule has 0 fully saturated rings. The third kappa shape index (κ3) is 6.25. The van der Waals surface area contributed by atoms with Crippen LogP contribution in [0.5, 0.6) is 0 Å². The predicted octanol–water partition coefficient (Wildman–Crippen LogP) is 11.8. The third-order valence-electron chi connectivity index (χ3n) is 11.3. The van der Waals surface area contributed by atoms with E-state index < -0.39 is 11.1 Å². The molecule has 5 heteroatoms. The van der Waals surface area contributed by atoms with Gasteiger partial charge in [-0.1, -0.05) is 127 Å². The van der Waals surface area contributed by atoms with Crippen molar-refractivity contribution in [3.8, 4) is 16.9 Å².